The van der Waals surface area contributed by atoms with Crippen LogP contribution in [-0.4, -0.2) is 41.1 Å². The predicted molar refractivity (Wildman–Crippen MR) is 192 cm³/mol. The van der Waals surface area contributed by atoms with Crippen molar-refractivity contribution >= 4 is 17.3 Å². The molecule has 5 heteroatoms. The molecule has 0 aliphatic heterocycles. The first-order valence-electron chi connectivity index (χ1n) is 18.8. The molecule has 4 aliphatic rings. The fourth-order valence-electron chi connectivity index (χ4n) is 11.4. The number of nitrogens with one attached hydrogen (secondary N) is 1. The van der Waals surface area contributed by atoms with Crippen LogP contribution in [0.5, 0.6) is 0 Å². The second-order valence-electron chi connectivity index (χ2n) is 17.4. The fourth-order valence-corrected chi connectivity index (χ4v) is 11.4. The molecule has 48 heavy (non-hydrogen) atoms. The molecule has 0 aromatic heterocycles. The van der Waals surface area contributed by atoms with Crippen molar-refractivity contribution in [1.29, 1.82) is 0 Å². The lowest BCUT2D eigenvalue weighted by molar-refractivity contribution is -0.146. The Hall–Kier alpha value is -2.63. The van der Waals surface area contributed by atoms with Gasteiger partial charge in [0.15, 0.2) is 5.78 Å². The molecule has 5 nitrogen and oxygen atoms in total. The van der Waals surface area contributed by atoms with Gasteiger partial charge in [0.1, 0.15) is 11.6 Å². The average Bonchev–Trinajstić information content (AvgIpc) is 3.03. The predicted octanol–water partition coefficient (Wildman–Crippen LogP) is 7.71. The van der Waals surface area contributed by atoms with E-state index < -0.39 is 16.9 Å². The lowest BCUT2D eigenvalue weighted by Crippen LogP contribution is -2.55. The Labute approximate surface area is 289 Å². The van der Waals surface area contributed by atoms with E-state index >= 15 is 0 Å². The lowest BCUT2D eigenvalue weighted by atomic mass is 9.47. The Morgan fingerprint density at radius 2 is 1.31 bits per heavy atom. The highest BCUT2D eigenvalue weighted by Gasteiger charge is 2.58. The molecule has 7 atom stereocenters. The number of aliphatic hydroxyl groups is 1. The van der Waals surface area contributed by atoms with Crippen molar-refractivity contribution in [3.05, 3.63) is 69.8 Å². The van der Waals surface area contributed by atoms with Gasteiger partial charge in [-0.05, 0) is 109 Å². The summed E-state index contributed by atoms with van der Waals surface area (Å²) in [7, 11) is 0. The highest BCUT2D eigenvalue weighted by molar-refractivity contribution is 6.04. The van der Waals surface area contributed by atoms with Crippen molar-refractivity contribution in [3.63, 3.8) is 0 Å². The highest BCUT2D eigenvalue weighted by atomic mass is 16.3. The van der Waals surface area contributed by atoms with E-state index in [0.29, 0.717) is 0 Å². The van der Waals surface area contributed by atoms with Crippen LogP contribution >= 0.6 is 0 Å². The minimum Gasteiger partial charge on any atom is -0.394 e. The van der Waals surface area contributed by atoms with E-state index in [0.717, 1.165) is 69.8 Å². The zero-order valence-corrected chi connectivity index (χ0v) is 30.6. The van der Waals surface area contributed by atoms with Crippen molar-refractivity contribution in [2.24, 2.45) is 22.7 Å². The molecule has 2 saturated carbocycles. The van der Waals surface area contributed by atoms with Crippen LogP contribution in [0.25, 0.3) is 0 Å². The van der Waals surface area contributed by atoms with Gasteiger partial charge >= 0.3 is 0 Å². The summed E-state index contributed by atoms with van der Waals surface area (Å²) in [4.78, 5) is 42.3. The highest BCUT2D eigenvalue weighted by Crippen LogP contribution is 2.60. The van der Waals surface area contributed by atoms with Crippen LogP contribution < -0.4 is 5.32 Å². The Kier molecular flexibility index (Phi) is 9.48. The van der Waals surface area contributed by atoms with Crippen molar-refractivity contribution in [1.82, 2.24) is 5.32 Å². The SMILES string of the molecule is Cc1ccc2c(c1)[C@@]1(C)CCC[C@](C)(C(=O)CC(=O)[C@@]3(C)CCC[C@]4(C)c5cc(CC(=O)[C@H](CO)NC(C)C)ccc5CC[C@@H]34)[C@@H]1CC2. The first-order chi connectivity index (χ1) is 22.7. The second kappa shape index (κ2) is 12.9. The fraction of sp³-hybridized carbons (Fsp3) is 0.651. The molecular weight excluding hydrogens is 594 g/mol. The number of rotatable bonds is 10. The minimum absolute atomic E-state index is 0.00488. The van der Waals surface area contributed by atoms with E-state index in [2.05, 4.69) is 76.3 Å². The molecule has 0 spiro atoms. The molecule has 0 radical (unpaired) electrons. The maximum atomic E-state index is 14.6. The molecule has 2 fully saturated rings. The molecule has 2 aromatic carbocycles. The minimum atomic E-state index is -0.575. The van der Waals surface area contributed by atoms with Gasteiger partial charge in [0.2, 0.25) is 0 Å². The molecule has 0 heterocycles. The standard InChI is InChI=1S/C43H59NO4/c1-27(2)44-34(26-45)35(46)24-29-11-13-31-15-17-37-41(5,33(31)23-29)19-9-21-43(37,7)39(48)25-38(47)42(6)20-8-18-40(4)32-22-28(3)10-12-30(32)14-16-36(40)42/h10-13,22-23,27,34,36-37,44-45H,8-9,14-21,24-26H2,1-7H3/t34-,36+,37+,40+,41+,42-,43-/m0/s1. The summed E-state index contributed by atoms with van der Waals surface area (Å²) in [5.74, 6) is 0.707. The van der Waals surface area contributed by atoms with Crippen molar-refractivity contribution in [2.45, 2.75) is 148 Å². The van der Waals surface area contributed by atoms with E-state index in [9.17, 15) is 19.5 Å². The molecule has 6 rings (SSSR count). The van der Waals surface area contributed by atoms with Crippen LogP contribution in [0, 0.1) is 29.6 Å². The summed E-state index contributed by atoms with van der Waals surface area (Å²) in [5, 5.41) is 13.1. The van der Waals surface area contributed by atoms with Gasteiger partial charge in [-0.25, -0.2) is 0 Å². The molecule has 0 saturated heterocycles. The van der Waals surface area contributed by atoms with Gasteiger partial charge in [0, 0.05) is 23.3 Å². The molecule has 4 aliphatic carbocycles. The summed E-state index contributed by atoms with van der Waals surface area (Å²) in [6.07, 6.45) is 9.95. The quantitative estimate of drug-likeness (QED) is 0.257. The third-order valence-electron chi connectivity index (χ3n) is 14.0. The maximum absolute atomic E-state index is 14.6. The molecule has 2 aromatic rings. The van der Waals surface area contributed by atoms with Gasteiger partial charge in [-0.3, -0.25) is 14.4 Å². The van der Waals surface area contributed by atoms with Crippen molar-refractivity contribution in [2.75, 3.05) is 6.61 Å². The van der Waals surface area contributed by atoms with E-state index in [-0.39, 0.29) is 65.5 Å². The van der Waals surface area contributed by atoms with Crippen LogP contribution in [0.3, 0.4) is 0 Å². The summed E-state index contributed by atoms with van der Waals surface area (Å²) in [6.45, 7) is 15.0. The molecule has 260 valence electrons. The summed E-state index contributed by atoms with van der Waals surface area (Å²) in [6, 6.07) is 12.9. The van der Waals surface area contributed by atoms with Crippen molar-refractivity contribution in [3.8, 4) is 0 Å². The summed E-state index contributed by atoms with van der Waals surface area (Å²) < 4.78 is 0. The number of aliphatic hydroxyl groups excluding tert-OH is 1. The number of hydrogen-bond donors (Lipinski definition) is 2. The first kappa shape index (κ1) is 35.2. The van der Waals surface area contributed by atoms with Gasteiger partial charge in [-0.1, -0.05) is 96.3 Å². The molecular formula is C43H59NO4. The van der Waals surface area contributed by atoms with Crippen LogP contribution in [0.1, 0.15) is 133 Å². The monoisotopic (exact) mass is 653 g/mol. The van der Waals surface area contributed by atoms with E-state index in [1.165, 1.54) is 27.8 Å². The van der Waals surface area contributed by atoms with Crippen LogP contribution in [0.15, 0.2) is 36.4 Å². The Bertz CT molecular complexity index is 1590. The van der Waals surface area contributed by atoms with Gasteiger partial charge in [0.25, 0.3) is 0 Å². The lowest BCUT2D eigenvalue weighted by Gasteiger charge is -2.56. The van der Waals surface area contributed by atoms with E-state index in [1.807, 2.05) is 13.8 Å². The third kappa shape index (κ3) is 5.85. The molecule has 2 N–H and O–H groups in total. The number of aryl methyl sites for hydroxylation is 3. The smallest absolute Gasteiger partial charge is 0.156 e. The number of Topliss-reactive ketones (excluding diaryl/α,β-unsaturated/α-hetero) is 3. The number of ketones is 3. The zero-order chi connectivity index (χ0) is 34.6. The Morgan fingerprint density at radius 3 is 1.83 bits per heavy atom. The largest absolute Gasteiger partial charge is 0.394 e. The Morgan fingerprint density at radius 1 is 0.792 bits per heavy atom. The zero-order valence-electron chi connectivity index (χ0n) is 30.6. The normalized spacial score (nSPS) is 33.2. The number of carbonyl (C=O) groups excluding carboxylic acids is 3. The third-order valence-corrected chi connectivity index (χ3v) is 14.0. The van der Waals surface area contributed by atoms with Gasteiger partial charge in [0.05, 0.1) is 19.1 Å². The number of carbonyl (C=O) groups is 3. The van der Waals surface area contributed by atoms with Gasteiger partial charge in [-0.2, -0.15) is 0 Å². The average molecular weight is 654 g/mol. The van der Waals surface area contributed by atoms with E-state index in [4.69, 9.17) is 0 Å². The van der Waals surface area contributed by atoms with Gasteiger partial charge < -0.3 is 10.4 Å². The first-order valence-corrected chi connectivity index (χ1v) is 18.8. The van der Waals surface area contributed by atoms with E-state index in [1.54, 1.807) is 0 Å². The summed E-state index contributed by atoms with van der Waals surface area (Å²) >= 11 is 0. The van der Waals surface area contributed by atoms with Gasteiger partial charge in [-0.15, -0.1) is 0 Å². The number of fused-ring (bicyclic) bond motifs is 6. The Balaban J connectivity index is 1.23. The maximum Gasteiger partial charge on any atom is 0.156 e. The topological polar surface area (TPSA) is 83.5 Å². The van der Waals surface area contributed by atoms with Crippen LogP contribution in [0.4, 0.5) is 0 Å². The molecule has 0 unspecified atom stereocenters. The van der Waals surface area contributed by atoms with Crippen molar-refractivity contribution < 1.29 is 19.5 Å². The molecule has 0 amide bonds. The number of hydrogen-bond acceptors (Lipinski definition) is 5. The second-order valence-corrected chi connectivity index (χ2v) is 17.4. The number of benzene rings is 2. The van der Waals surface area contributed by atoms with Crippen LogP contribution in [0.2, 0.25) is 0 Å². The molecule has 0 bridgehead atoms. The van der Waals surface area contributed by atoms with Crippen LogP contribution in [-0.2, 0) is 44.5 Å². The summed E-state index contributed by atoms with van der Waals surface area (Å²) in [5.41, 5.74) is 6.44.